The van der Waals surface area contributed by atoms with Crippen LogP contribution in [0.3, 0.4) is 0 Å². The third-order valence-corrected chi connectivity index (χ3v) is 2.13. The van der Waals surface area contributed by atoms with Gasteiger partial charge in [-0.25, -0.2) is 4.79 Å². The number of carbonyl (C=O) groups excluding carboxylic acids is 1. The fourth-order valence-electron chi connectivity index (χ4n) is 1.09. The molecule has 0 amide bonds. The van der Waals surface area contributed by atoms with E-state index in [1.807, 2.05) is 0 Å². The highest BCUT2D eigenvalue weighted by molar-refractivity contribution is 6.31. The van der Waals surface area contributed by atoms with Gasteiger partial charge in [0.25, 0.3) is 0 Å². The van der Waals surface area contributed by atoms with Gasteiger partial charge in [0.1, 0.15) is 6.42 Å². The first-order chi connectivity index (χ1) is 8.04. The Morgan fingerprint density at radius 3 is 2.76 bits per heavy atom. The maximum atomic E-state index is 10.9. The van der Waals surface area contributed by atoms with Crippen LogP contribution in [0.4, 0.5) is 0 Å². The number of carboxylic acid groups (broad SMARTS) is 1. The molecule has 0 atom stereocenters. The van der Waals surface area contributed by atoms with Gasteiger partial charge in [0.15, 0.2) is 0 Å². The minimum atomic E-state index is -1.12. The zero-order chi connectivity index (χ0) is 12.8. The molecule has 4 nitrogen and oxygen atoms in total. The van der Waals surface area contributed by atoms with E-state index in [1.54, 1.807) is 0 Å². The van der Waals surface area contributed by atoms with Crippen LogP contribution in [-0.2, 0) is 9.53 Å². The minimum absolute atomic E-state index is 0.00914. The third kappa shape index (κ3) is 3.82. The summed E-state index contributed by atoms with van der Waals surface area (Å²) >= 11 is 5.68. The molecule has 0 unspecified atom stereocenters. The van der Waals surface area contributed by atoms with Crippen molar-refractivity contribution in [3.05, 3.63) is 34.3 Å². The van der Waals surface area contributed by atoms with Crippen LogP contribution in [0.5, 0.6) is 0 Å². The first kappa shape index (κ1) is 13.1. The van der Waals surface area contributed by atoms with Crippen molar-refractivity contribution >= 4 is 23.5 Å². The van der Waals surface area contributed by atoms with E-state index in [9.17, 15) is 9.59 Å². The van der Waals surface area contributed by atoms with E-state index in [0.717, 1.165) is 0 Å². The molecule has 1 N–H and O–H groups in total. The Balaban J connectivity index is 2.98. The Labute approximate surface area is 103 Å². The highest BCUT2D eigenvalue weighted by Crippen LogP contribution is 2.15. The molecule has 17 heavy (non-hydrogen) atoms. The SMILES string of the molecule is COC(=O)CC#Cc1ccc(Cl)cc1C(=O)O. The fourth-order valence-corrected chi connectivity index (χ4v) is 1.26. The number of hydrogen-bond acceptors (Lipinski definition) is 3. The number of methoxy groups -OCH3 is 1. The average molecular weight is 253 g/mol. The number of carbonyl (C=O) groups is 2. The van der Waals surface area contributed by atoms with Gasteiger partial charge in [0.2, 0.25) is 0 Å². The highest BCUT2D eigenvalue weighted by Gasteiger charge is 2.08. The van der Waals surface area contributed by atoms with Gasteiger partial charge in [-0.3, -0.25) is 4.79 Å². The van der Waals surface area contributed by atoms with Gasteiger partial charge in [-0.15, -0.1) is 0 Å². The highest BCUT2D eigenvalue weighted by atomic mass is 35.5. The number of aromatic carboxylic acids is 1. The van der Waals surface area contributed by atoms with Crippen molar-refractivity contribution < 1.29 is 19.4 Å². The molecular weight excluding hydrogens is 244 g/mol. The summed E-state index contributed by atoms with van der Waals surface area (Å²) in [6.45, 7) is 0. The van der Waals surface area contributed by atoms with Crippen LogP contribution in [0, 0.1) is 11.8 Å². The maximum absolute atomic E-state index is 10.9. The largest absolute Gasteiger partial charge is 0.478 e. The standard InChI is InChI=1S/C12H9ClO4/c1-17-11(14)4-2-3-8-5-6-9(13)7-10(8)12(15)16/h5-7H,4H2,1H3,(H,15,16). The fraction of sp³-hybridized carbons (Fsp3) is 0.167. The van der Waals surface area contributed by atoms with E-state index in [4.69, 9.17) is 16.7 Å². The van der Waals surface area contributed by atoms with Crippen molar-refractivity contribution in [1.29, 1.82) is 0 Å². The molecule has 88 valence electrons. The molecule has 0 spiro atoms. The van der Waals surface area contributed by atoms with E-state index in [-0.39, 0.29) is 12.0 Å². The molecule has 0 bridgehead atoms. The molecular formula is C12H9ClO4. The molecule has 1 aromatic rings. The summed E-state index contributed by atoms with van der Waals surface area (Å²) in [5, 5.41) is 9.25. The van der Waals surface area contributed by atoms with Gasteiger partial charge in [0, 0.05) is 10.6 Å². The summed E-state index contributed by atoms with van der Waals surface area (Å²) in [4.78, 5) is 21.7. The monoisotopic (exact) mass is 252 g/mol. The van der Waals surface area contributed by atoms with Crippen molar-refractivity contribution in [2.45, 2.75) is 6.42 Å². The summed E-state index contributed by atoms with van der Waals surface area (Å²) in [5.41, 5.74) is 0.320. The number of carboxylic acids is 1. The van der Waals surface area contributed by atoms with Crippen LogP contribution < -0.4 is 0 Å². The van der Waals surface area contributed by atoms with Crippen molar-refractivity contribution in [2.75, 3.05) is 7.11 Å². The molecule has 0 aromatic heterocycles. The van der Waals surface area contributed by atoms with Gasteiger partial charge in [-0.05, 0) is 18.2 Å². The average Bonchev–Trinajstić information content (AvgIpc) is 2.30. The molecule has 0 radical (unpaired) electrons. The van der Waals surface area contributed by atoms with E-state index in [0.29, 0.717) is 10.6 Å². The van der Waals surface area contributed by atoms with Crippen LogP contribution in [0.2, 0.25) is 5.02 Å². The van der Waals surface area contributed by atoms with E-state index < -0.39 is 11.9 Å². The third-order valence-electron chi connectivity index (χ3n) is 1.90. The van der Waals surface area contributed by atoms with Crippen molar-refractivity contribution in [1.82, 2.24) is 0 Å². The van der Waals surface area contributed by atoms with Gasteiger partial charge in [-0.2, -0.15) is 0 Å². The minimum Gasteiger partial charge on any atom is -0.478 e. The van der Waals surface area contributed by atoms with Gasteiger partial charge in [-0.1, -0.05) is 23.4 Å². The van der Waals surface area contributed by atoms with Crippen molar-refractivity contribution in [2.24, 2.45) is 0 Å². The summed E-state index contributed by atoms with van der Waals surface area (Å²) in [6, 6.07) is 4.35. The molecule has 1 rings (SSSR count). The van der Waals surface area contributed by atoms with Gasteiger partial charge < -0.3 is 9.84 Å². The number of rotatable bonds is 2. The van der Waals surface area contributed by atoms with Crippen LogP contribution in [-0.4, -0.2) is 24.2 Å². The lowest BCUT2D eigenvalue weighted by atomic mass is 10.1. The summed E-state index contributed by atoms with van der Waals surface area (Å²) in [6.07, 6.45) is -0.0851. The van der Waals surface area contributed by atoms with Gasteiger partial charge in [0.05, 0.1) is 12.7 Å². The number of ether oxygens (including phenoxy) is 1. The van der Waals surface area contributed by atoms with E-state index in [1.165, 1.54) is 25.3 Å². The Bertz CT molecular complexity index is 511. The molecule has 0 aliphatic carbocycles. The van der Waals surface area contributed by atoms with Crippen LogP contribution >= 0.6 is 11.6 Å². The lowest BCUT2D eigenvalue weighted by Crippen LogP contribution is -2.00. The first-order valence-electron chi connectivity index (χ1n) is 4.63. The van der Waals surface area contributed by atoms with Crippen LogP contribution in [0.15, 0.2) is 18.2 Å². The Hall–Kier alpha value is -1.99. The van der Waals surface area contributed by atoms with E-state index >= 15 is 0 Å². The number of benzene rings is 1. The second kappa shape index (κ2) is 5.92. The molecule has 0 saturated heterocycles. The quantitative estimate of drug-likeness (QED) is 0.645. The molecule has 0 aliphatic heterocycles. The van der Waals surface area contributed by atoms with Gasteiger partial charge >= 0.3 is 11.9 Å². The lowest BCUT2D eigenvalue weighted by Gasteiger charge is -1.99. The van der Waals surface area contributed by atoms with Crippen LogP contribution in [0.25, 0.3) is 0 Å². The normalized spacial score (nSPS) is 9.06. The molecule has 0 heterocycles. The summed E-state index contributed by atoms with van der Waals surface area (Å²) in [7, 11) is 1.26. The first-order valence-corrected chi connectivity index (χ1v) is 5.01. The molecule has 0 aliphatic rings. The Morgan fingerprint density at radius 2 is 2.18 bits per heavy atom. The molecule has 1 aromatic carbocycles. The predicted octanol–water partition coefficient (Wildman–Crippen LogP) is 1.95. The Kier molecular flexibility index (Phi) is 4.56. The zero-order valence-corrected chi connectivity index (χ0v) is 9.75. The number of esters is 1. The lowest BCUT2D eigenvalue weighted by molar-refractivity contribution is -0.139. The molecule has 0 saturated carbocycles. The van der Waals surface area contributed by atoms with Crippen LogP contribution in [0.1, 0.15) is 22.3 Å². The number of hydrogen-bond donors (Lipinski definition) is 1. The second-order valence-corrected chi connectivity index (χ2v) is 3.49. The maximum Gasteiger partial charge on any atom is 0.337 e. The van der Waals surface area contributed by atoms with Crippen molar-refractivity contribution in [3.63, 3.8) is 0 Å². The summed E-state index contributed by atoms with van der Waals surface area (Å²) in [5.74, 6) is 3.55. The topological polar surface area (TPSA) is 63.6 Å². The predicted molar refractivity (Wildman–Crippen MR) is 61.9 cm³/mol. The van der Waals surface area contributed by atoms with Crippen molar-refractivity contribution in [3.8, 4) is 11.8 Å². The molecule has 5 heteroatoms. The Morgan fingerprint density at radius 1 is 1.47 bits per heavy atom. The molecule has 0 fully saturated rings. The number of halogens is 1. The smallest absolute Gasteiger partial charge is 0.337 e. The van der Waals surface area contributed by atoms with E-state index in [2.05, 4.69) is 16.6 Å². The summed E-state index contributed by atoms with van der Waals surface area (Å²) < 4.78 is 4.41. The zero-order valence-electron chi connectivity index (χ0n) is 8.99. The second-order valence-electron chi connectivity index (χ2n) is 3.05.